The fraction of sp³-hybridized carbons (Fsp3) is 0.259. The molecule has 2 amide bonds. The average molecular weight is 431 g/mol. The summed E-state index contributed by atoms with van der Waals surface area (Å²) in [4.78, 5) is 24.0. The van der Waals surface area contributed by atoms with E-state index in [1.807, 2.05) is 72.8 Å². The highest BCUT2D eigenvalue weighted by molar-refractivity contribution is 5.91. The number of nitrogens with one attached hydrogen (secondary N) is 2. The average Bonchev–Trinajstić information content (AvgIpc) is 2.83. The molecule has 3 aromatic rings. The van der Waals surface area contributed by atoms with Crippen molar-refractivity contribution in [3.8, 4) is 11.1 Å². The first-order valence-corrected chi connectivity index (χ1v) is 11.0. The van der Waals surface area contributed by atoms with Gasteiger partial charge in [-0.15, -0.1) is 0 Å². The van der Waals surface area contributed by atoms with Crippen molar-refractivity contribution >= 4 is 17.5 Å². The molecule has 0 fully saturated rings. The third kappa shape index (κ3) is 8.36. The van der Waals surface area contributed by atoms with Gasteiger partial charge in [0.1, 0.15) is 6.61 Å². The molecule has 0 atom stereocenters. The van der Waals surface area contributed by atoms with Gasteiger partial charge in [-0.25, -0.2) is 0 Å². The fourth-order valence-corrected chi connectivity index (χ4v) is 3.33. The number of anilines is 1. The van der Waals surface area contributed by atoms with E-state index in [9.17, 15) is 9.59 Å². The molecule has 32 heavy (non-hydrogen) atoms. The Bertz CT molecular complexity index is 974. The highest BCUT2D eigenvalue weighted by Crippen LogP contribution is 2.22. The molecular formula is C27H30N2O3. The maximum absolute atomic E-state index is 12.2. The van der Waals surface area contributed by atoms with Crippen LogP contribution in [0.2, 0.25) is 0 Å². The van der Waals surface area contributed by atoms with Gasteiger partial charge in [-0.2, -0.15) is 0 Å². The lowest BCUT2D eigenvalue weighted by Gasteiger charge is -2.08. The molecule has 0 aliphatic heterocycles. The van der Waals surface area contributed by atoms with Crippen molar-refractivity contribution in [2.24, 2.45) is 0 Å². The smallest absolute Gasteiger partial charge is 0.246 e. The standard InChI is InChI=1S/C27H30N2O3/c30-26(29-25-16-10-15-24(19-25)23-13-6-2-7-14-23)17-8-3-9-18-28-27(31)21-32-20-22-11-4-1-5-12-22/h1-2,4-7,10-16,19H,3,8-9,17-18,20-21H2,(H,28,31)(H,29,30). The molecule has 0 saturated heterocycles. The van der Waals surface area contributed by atoms with Crippen LogP contribution in [-0.4, -0.2) is 25.0 Å². The lowest BCUT2D eigenvalue weighted by atomic mass is 10.1. The summed E-state index contributed by atoms with van der Waals surface area (Å²) in [5.41, 5.74) is 4.05. The summed E-state index contributed by atoms with van der Waals surface area (Å²) < 4.78 is 5.42. The van der Waals surface area contributed by atoms with Crippen LogP contribution in [0.5, 0.6) is 0 Å². The van der Waals surface area contributed by atoms with Crippen LogP contribution in [-0.2, 0) is 20.9 Å². The number of amides is 2. The molecule has 2 N–H and O–H groups in total. The maximum atomic E-state index is 12.2. The predicted octanol–water partition coefficient (Wildman–Crippen LogP) is 5.19. The van der Waals surface area contributed by atoms with Gasteiger partial charge in [0.25, 0.3) is 0 Å². The summed E-state index contributed by atoms with van der Waals surface area (Å²) in [5, 5.41) is 5.83. The van der Waals surface area contributed by atoms with Crippen molar-refractivity contribution in [2.45, 2.75) is 32.3 Å². The molecule has 0 aromatic heterocycles. The van der Waals surface area contributed by atoms with Crippen LogP contribution in [0.4, 0.5) is 5.69 Å². The van der Waals surface area contributed by atoms with Gasteiger partial charge >= 0.3 is 0 Å². The van der Waals surface area contributed by atoms with Gasteiger partial charge in [0, 0.05) is 18.7 Å². The molecule has 0 aliphatic carbocycles. The maximum Gasteiger partial charge on any atom is 0.246 e. The van der Waals surface area contributed by atoms with Crippen LogP contribution in [0.15, 0.2) is 84.9 Å². The lowest BCUT2D eigenvalue weighted by molar-refractivity contribution is -0.126. The minimum absolute atomic E-state index is 0.00793. The first kappa shape index (κ1) is 23.2. The Morgan fingerprint density at radius 1 is 0.719 bits per heavy atom. The summed E-state index contributed by atoms with van der Waals surface area (Å²) in [6.45, 7) is 1.07. The van der Waals surface area contributed by atoms with E-state index in [2.05, 4.69) is 22.8 Å². The quantitative estimate of drug-likeness (QED) is 0.389. The molecule has 0 spiro atoms. The number of unbranched alkanes of at least 4 members (excludes halogenated alkanes) is 2. The fourth-order valence-electron chi connectivity index (χ4n) is 3.33. The van der Waals surface area contributed by atoms with Gasteiger partial charge < -0.3 is 15.4 Å². The summed E-state index contributed by atoms with van der Waals surface area (Å²) >= 11 is 0. The van der Waals surface area contributed by atoms with E-state index in [4.69, 9.17) is 4.74 Å². The zero-order valence-corrected chi connectivity index (χ0v) is 18.3. The topological polar surface area (TPSA) is 67.4 Å². The van der Waals surface area contributed by atoms with Crippen molar-refractivity contribution in [3.63, 3.8) is 0 Å². The zero-order chi connectivity index (χ0) is 22.4. The van der Waals surface area contributed by atoms with E-state index < -0.39 is 0 Å². The highest BCUT2D eigenvalue weighted by Gasteiger charge is 2.05. The van der Waals surface area contributed by atoms with Gasteiger partial charge in [0.05, 0.1) is 6.61 Å². The second kappa shape index (κ2) is 13.1. The molecule has 0 heterocycles. The highest BCUT2D eigenvalue weighted by atomic mass is 16.5. The largest absolute Gasteiger partial charge is 0.367 e. The Hall–Kier alpha value is -3.44. The van der Waals surface area contributed by atoms with Gasteiger partial charge in [-0.1, -0.05) is 79.2 Å². The molecule has 0 saturated carbocycles. The van der Waals surface area contributed by atoms with E-state index in [-0.39, 0.29) is 18.4 Å². The van der Waals surface area contributed by atoms with Crippen LogP contribution < -0.4 is 10.6 Å². The molecule has 5 heteroatoms. The summed E-state index contributed by atoms with van der Waals surface area (Å²) in [7, 11) is 0. The molecule has 0 bridgehead atoms. The van der Waals surface area contributed by atoms with Gasteiger partial charge in [0.15, 0.2) is 0 Å². The number of rotatable bonds is 12. The molecule has 5 nitrogen and oxygen atoms in total. The van der Waals surface area contributed by atoms with Crippen molar-refractivity contribution < 1.29 is 14.3 Å². The van der Waals surface area contributed by atoms with Crippen LogP contribution >= 0.6 is 0 Å². The Morgan fingerprint density at radius 3 is 2.22 bits per heavy atom. The first-order chi connectivity index (χ1) is 15.7. The number of hydrogen-bond donors (Lipinski definition) is 2. The monoisotopic (exact) mass is 430 g/mol. The summed E-state index contributed by atoms with van der Waals surface area (Å²) in [6, 6.07) is 27.7. The summed E-state index contributed by atoms with van der Waals surface area (Å²) in [5.74, 6) is -0.106. The SMILES string of the molecule is O=C(COCc1ccccc1)NCCCCCC(=O)Nc1cccc(-c2ccccc2)c1. The summed E-state index contributed by atoms with van der Waals surface area (Å²) in [6.07, 6.45) is 2.96. The number of hydrogen-bond acceptors (Lipinski definition) is 3. The Morgan fingerprint density at radius 2 is 1.44 bits per heavy atom. The number of carbonyl (C=O) groups excluding carboxylic acids is 2. The van der Waals surface area contributed by atoms with Gasteiger partial charge in [-0.3, -0.25) is 9.59 Å². The lowest BCUT2D eigenvalue weighted by Crippen LogP contribution is -2.28. The Kier molecular flexibility index (Phi) is 9.49. The van der Waals surface area contributed by atoms with E-state index >= 15 is 0 Å². The molecule has 3 aromatic carbocycles. The predicted molar refractivity (Wildman–Crippen MR) is 128 cm³/mol. The van der Waals surface area contributed by atoms with Crippen LogP contribution in [0.25, 0.3) is 11.1 Å². The number of ether oxygens (including phenoxy) is 1. The molecule has 0 unspecified atom stereocenters. The minimum Gasteiger partial charge on any atom is -0.367 e. The minimum atomic E-state index is -0.114. The van der Waals surface area contributed by atoms with Crippen LogP contribution in [0.1, 0.15) is 31.2 Å². The van der Waals surface area contributed by atoms with Crippen LogP contribution in [0.3, 0.4) is 0 Å². The second-order valence-electron chi connectivity index (χ2n) is 7.63. The zero-order valence-electron chi connectivity index (χ0n) is 18.3. The number of carbonyl (C=O) groups is 2. The van der Waals surface area contributed by atoms with E-state index in [0.29, 0.717) is 19.6 Å². The van der Waals surface area contributed by atoms with Crippen LogP contribution in [0, 0.1) is 0 Å². The third-order valence-electron chi connectivity index (χ3n) is 5.00. The third-order valence-corrected chi connectivity index (χ3v) is 5.00. The second-order valence-corrected chi connectivity index (χ2v) is 7.63. The molecule has 0 aliphatic rings. The Labute approximate surface area is 189 Å². The normalized spacial score (nSPS) is 10.5. The van der Waals surface area contributed by atoms with Gasteiger partial charge in [0.2, 0.25) is 11.8 Å². The number of benzene rings is 3. The van der Waals surface area contributed by atoms with Gasteiger partial charge in [-0.05, 0) is 41.7 Å². The first-order valence-electron chi connectivity index (χ1n) is 11.0. The van der Waals surface area contributed by atoms with E-state index in [0.717, 1.165) is 41.6 Å². The molecular weight excluding hydrogens is 400 g/mol. The van der Waals surface area contributed by atoms with E-state index in [1.165, 1.54) is 0 Å². The van der Waals surface area contributed by atoms with Crippen molar-refractivity contribution in [1.29, 1.82) is 0 Å². The van der Waals surface area contributed by atoms with E-state index in [1.54, 1.807) is 0 Å². The molecule has 0 radical (unpaired) electrons. The molecule has 3 rings (SSSR count). The van der Waals surface area contributed by atoms with Crippen molar-refractivity contribution in [1.82, 2.24) is 5.32 Å². The Balaban J connectivity index is 1.25. The van der Waals surface area contributed by atoms with Crippen molar-refractivity contribution in [3.05, 3.63) is 90.5 Å². The van der Waals surface area contributed by atoms with Crippen molar-refractivity contribution in [2.75, 3.05) is 18.5 Å². The molecule has 166 valence electrons.